The molecule has 0 saturated heterocycles. The van der Waals surface area contributed by atoms with Crippen molar-refractivity contribution >= 4 is 33.2 Å². The quantitative estimate of drug-likeness (QED) is 0.569. The maximum absolute atomic E-state index is 12.2. The van der Waals surface area contributed by atoms with E-state index in [0.717, 1.165) is 11.1 Å². The number of nitrogens with two attached hydrogens (primary N) is 1. The van der Waals surface area contributed by atoms with Crippen molar-refractivity contribution in [2.45, 2.75) is 18.2 Å². The van der Waals surface area contributed by atoms with Crippen LogP contribution in [0.2, 0.25) is 5.02 Å². The van der Waals surface area contributed by atoms with Crippen LogP contribution in [-0.4, -0.2) is 20.9 Å². The van der Waals surface area contributed by atoms with Gasteiger partial charge in [0.25, 0.3) is 5.91 Å². The van der Waals surface area contributed by atoms with Gasteiger partial charge in [0.2, 0.25) is 10.0 Å². The second-order valence-electron chi connectivity index (χ2n) is 6.57. The average Bonchev–Trinajstić information content (AvgIpc) is 2.73. The van der Waals surface area contributed by atoms with Crippen LogP contribution in [0.1, 0.15) is 12.5 Å². The van der Waals surface area contributed by atoms with Gasteiger partial charge in [-0.1, -0.05) is 61.0 Å². The Morgan fingerprint density at radius 3 is 2.40 bits per heavy atom. The first-order chi connectivity index (χ1) is 14.3. The van der Waals surface area contributed by atoms with Gasteiger partial charge < -0.3 is 10.1 Å². The van der Waals surface area contributed by atoms with E-state index in [0.29, 0.717) is 28.4 Å². The molecule has 6 nitrogen and oxygen atoms in total. The summed E-state index contributed by atoms with van der Waals surface area (Å²) in [7, 11) is -3.89. The number of carbonyl (C=O) groups excluding carboxylic acids is 1. The van der Waals surface area contributed by atoms with Crippen LogP contribution in [-0.2, 0) is 21.2 Å². The van der Waals surface area contributed by atoms with Gasteiger partial charge in [0.1, 0.15) is 5.75 Å². The summed E-state index contributed by atoms with van der Waals surface area (Å²) in [5.41, 5.74) is 2.85. The van der Waals surface area contributed by atoms with Crippen LogP contribution >= 0.6 is 11.6 Å². The van der Waals surface area contributed by atoms with Gasteiger partial charge in [-0.15, -0.1) is 0 Å². The summed E-state index contributed by atoms with van der Waals surface area (Å²) in [6.07, 6.45) is 0.501. The van der Waals surface area contributed by atoms with Crippen LogP contribution in [0.3, 0.4) is 0 Å². The summed E-state index contributed by atoms with van der Waals surface area (Å²) in [5, 5.41) is 8.25. The maximum Gasteiger partial charge on any atom is 0.262 e. The molecule has 3 aromatic carbocycles. The second-order valence-corrected chi connectivity index (χ2v) is 8.51. The second kappa shape index (κ2) is 9.30. The summed E-state index contributed by atoms with van der Waals surface area (Å²) >= 11 is 6.29. The molecule has 3 rings (SSSR count). The zero-order valence-corrected chi connectivity index (χ0v) is 17.8. The Balaban J connectivity index is 1.66. The molecule has 30 heavy (non-hydrogen) atoms. The number of nitrogens with one attached hydrogen (secondary N) is 1. The zero-order valence-electron chi connectivity index (χ0n) is 16.3. The fourth-order valence-corrected chi connectivity index (χ4v) is 4.06. The van der Waals surface area contributed by atoms with Crippen molar-refractivity contribution in [1.29, 1.82) is 0 Å². The van der Waals surface area contributed by atoms with Gasteiger partial charge in [0.15, 0.2) is 6.61 Å². The lowest BCUT2D eigenvalue weighted by Crippen LogP contribution is -2.21. The third kappa shape index (κ3) is 5.38. The Hall–Kier alpha value is -2.87. The molecule has 3 aromatic rings. The van der Waals surface area contributed by atoms with E-state index in [1.54, 1.807) is 24.3 Å². The predicted octanol–water partition coefficient (Wildman–Crippen LogP) is 4.23. The Bertz CT molecular complexity index is 1170. The normalized spacial score (nSPS) is 11.2. The molecule has 0 aromatic heterocycles. The topological polar surface area (TPSA) is 98.5 Å². The number of amides is 1. The highest BCUT2D eigenvalue weighted by Crippen LogP contribution is 2.30. The minimum absolute atomic E-state index is 0.0109. The summed E-state index contributed by atoms with van der Waals surface area (Å²) in [6.45, 7) is 1.54. The Labute approximate surface area is 180 Å². The standard InChI is InChI=1S/C22H21ClN2O4S/c1-2-15-8-10-18(13-21(15)30(24,27)28)25-22(26)14-29-20-11-9-17(12-19(20)23)16-6-4-3-5-7-16/h3-13H,2,14H2,1H3,(H,25,26)(H2,24,27,28). The molecule has 0 radical (unpaired) electrons. The van der Waals surface area contributed by atoms with Crippen molar-refractivity contribution in [2.75, 3.05) is 11.9 Å². The molecule has 0 saturated carbocycles. The molecule has 156 valence electrons. The van der Waals surface area contributed by atoms with Crippen LogP contribution in [0.5, 0.6) is 5.75 Å². The molecule has 1 amide bonds. The number of sulfonamides is 1. The fraction of sp³-hybridized carbons (Fsp3) is 0.136. The van der Waals surface area contributed by atoms with Gasteiger partial charge in [0, 0.05) is 5.69 Å². The van der Waals surface area contributed by atoms with Crippen LogP contribution in [0, 0.1) is 0 Å². The fourth-order valence-electron chi connectivity index (χ4n) is 2.96. The molecular formula is C22H21ClN2O4S. The van der Waals surface area contributed by atoms with Gasteiger partial charge in [-0.3, -0.25) is 4.79 Å². The number of aryl methyl sites for hydroxylation is 1. The largest absolute Gasteiger partial charge is 0.482 e. The first-order valence-electron chi connectivity index (χ1n) is 9.21. The van der Waals surface area contributed by atoms with Crippen LogP contribution < -0.4 is 15.2 Å². The molecule has 0 atom stereocenters. The van der Waals surface area contributed by atoms with Gasteiger partial charge in [-0.2, -0.15) is 0 Å². The van der Waals surface area contributed by atoms with Crippen LogP contribution in [0.4, 0.5) is 5.69 Å². The molecule has 0 bridgehead atoms. The number of hydrogen-bond donors (Lipinski definition) is 2. The molecule has 0 fully saturated rings. The Kier molecular flexibility index (Phi) is 6.77. The van der Waals surface area contributed by atoms with E-state index in [2.05, 4.69) is 5.32 Å². The molecule has 0 unspecified atom stereocenters. The SMILES string of the molecule is CCc1ccc(NC(=O)COc2ccc(-c3ccccc3)cc2Cl)cc1S(N)(=O)=O. The molecule has 0 spiro atoms. The van der Waals surface area contributed by atoms with E-state index in [4.69, 9.17) is 21.5 Å². The van der Waals surface area contributed by atoms with E-state index < -0.39 is 15.9 Å². The van der Waals surface area contributed by atoms with Crippen molar-refractivity contribution in [3.8, 4) is 16.9 Å². The number of ether oxygens (including phenoxy) is 1. The van der Waals surface area contributed by atoms with Crippen molar-refractivity contribution < 1.29 is 17.9 Å². The number of primary sulfonamides is 1. The molecule has 0 heterocycles. The van der Waals surface area contributed by atoms with E-state index in [1.807, 2.05) is 43.3 Å². The first-order valence-corrected chi connectivity index (χ1v) is 11.1. The summed E-state index contributed by atoms with van der Waals surface area (Å²) in [4.78, 5) is 12.2. The number of halogens is 1. The van der Waals surface area contributed by atoms with Crippen molar-refractivity contribution in [3.63, 3.8) is 0 Å². The van der Waals surface area contributed by atoms with Crippen molar-refractivity contribution in [3.05, 3.63) is 77.3 Å². The molecule has 8 heteroatoms. The smallest absolute Gasteiger partial charge is 0.262 e. The van der Waals surface area contributed by atoms with Crippen LogP contribution in [0.25, 0.3) is 11.1 Å². The highest BCUT2D eigenvalue weighted by atomic mass is 35.5. The third-order valence-corrected chi connectivity index (χ3v) is 5.72. The monoisotopic (exact) mass is 444 g/mol. The number of benzene rings is 3. The summed E-state index contributed by atoms with van der Waals surface area (Å²) in [6, 6.07) is 19.7. The maximum atomic E-state index is 12.2. The summed E-state index contributed by atoms with van der Waals surface area (Å²) in [5.74, 6) is -0.0825. The first kappa shape index (κ1) is 21.8. The number of carbonyl (C=O) groups is 1. The van der Waals surface area contributed by atoms with E-state index in [9.17, 15) is 13.2 Å². The lowest BCUT2D eigenvalue weighted by molar-refractivity contribution is -0.118. The highest BCUT2D eigenvalue weighted by molar-refractivity contribution is 7.89. The summed E-state index contributed by atoms with van der Waals surface area (Å²) < 4.78 is 29.0. The Morgan fingerprint density at radius 1 is 1.03 bits per heavy atom. The van der Waals surface area contributed by atoms with E-state index >= 15 is 0 Å². The van der Waals surface area contributed by atoms with Gasteiger partial charge in [0.05, 0.1) is 9.92 Å². The van der Waals surface area contributed by atoms with Gasteiger partial charge in [-0.25, -0.2) is 13.6 Å². The minimum Gasteiger partial charge on any atom is -0.482 e. The van der Waals surface area contributed by atoms with Crippen molar-refractivity contribution in [1.82, 2.24) is 0 Å². The average molecular weight is 445 g/mol. The van der Waals surface area contributed by atoms with Crippen molar-refractivity contribution in [2.24, 2.45) is 5.14 Å². The number of rotatable bonds is 7. The lowest BCUT2D eigenvalue weighted by Gasteiger charge is -2.12. The predicted molar refractivity (Wildman–Crippen MR) is 118 cm³/mol. The molecule has 0 aliphatic carbocycles. The number of anilines is 1. The zero-order chi connectivity index (χ0) is 21.7. The molecule has 3 N–H and O–H groups in total. The molecule has 0 aliphatic rings. The minimum atomic E-state index is -3.89. The Morgan fingerprint density at radius 2 is 1.77 bits per heavy atom. The molecule has 0 aliphatic heterocycles. The molecular weight excluding hydrogens is 424 g/mol. The van der Waals surface area contributed by atoms with E-state index in [1.165, 1.54) is 6.07 Å². The van der Waals surface area contributed by atoms with Gasteiger partial charge >= 0.3 is 0 Å². The number of hydrogen-bond acceptors (Lipinski definition) is 4. The lowest BCUT2D eigenvalue weighted by atomic mass is 10.1. The third-order valence-electron chi connectivity index (χ3n) is 4.44. The van der Waals surface area contributed by atoms with E-state index in [-0.39, 0.29) is 11.5 Å². The highest BCUT2D eigenvalue weighted by Gasteiger charge is 2.15. The van der Waals surface area contributed by atoms with Crippen LogP contribution in [0.15, 0.2) is 71.6 Å². The van der Waals surface area contributed by atoms with Gasteiger partial charge in [-0.05, 0) is 47.4 Å².